The van der Waals surface area contributed by atoms with Crippen LogP contribution in [0.4, 0.5) is 10.8 Å². The first-order valence-corrected chi connectivity index (χ1v) is 11.6. The second kappa shape index (κ2) is 9.18. The Morgan fingerprint density at radius 3 is 2.35 bits per heavy atom. The lowest BCUT2D eigenvalue weighted by atomic mass is 9.73. The number of carbonyl (C=O) groups excluding carboxylic acids is 1. The van der Waals surface area contributed by atoms with Crippen molar-refractivity contribution in [3.63, 3.8) is 0 Å². The molecule has 1 N–H and O–H groups in total. The van der Waals surface area contributed by atoms with Gasteiger partial charge in [0, 0.05) is 23.6 Å². The second-order valence-corrected chi connectivity index (χ2v) is 10.6. The number of rotatable bonds is 5. The van der Waals surface area contributed by atoms with E-state index in [2.05, 4.69) is 64.2 Å². The Morgan fingerprint density at radius 2 is 1.81 bits per heavy atom. The smallest absolute Gasteiger partial charge is 0.407 e. The first kappa shape index (κ1) is 23.6. The highest BCUT2D eigenvalue weighted by Crippen LogP contribution is 2.38. The quantitative estimate of drug-likeness (QED) is 0.610. The molecule has 31 heavy (non-hydrogen) atoms. The molecule has 1 atom stereocenters. The van der Waals surface area contributed by atoms with Crippen LogP contribution in [-0.2, 0) is 10.2 Å². The molecule has 0 spiro atoms. The highest BCUT2D eigenvalue weighted by Gasteiger charge is 2.38. The first-order valence-electron chi connectivity index (χ1n) is 10.8. The minimum Gasteiger partial charge on any atom is -0.444 e. The summed E-state index contributed by atoms with van der Waals surface area (Å²) in [5.41, 5.74) is 0.292. The van der Waals surface area contributed by atoms with Gasteiger partial charge in [0.05, 0.1) is 5.41 Å². The minimum absolute atomic E-state index is 0.0807. The summed E-state index contributed by atoms with van der Waals surface area (Å²) < 4.78 is 12.1. The van der Waals surface area contributed by atoms with Crippen LogP contribution in [-0.4, -0.2) is 41.0 Å². The second-order valence-electron chi connectivity index (χ2n) is 9.67. The molecule has 170 valence electrons. The molecule has 1 aromatic carbocycles. The first-order chi connectivity index (χ1) is 14.5. The van der Waals surface area contributed by atoms with Gasteiger partial charge in [0.1, 0.15) is 5.60 Å². The van der Waals surface area contributed by atoms with Crippen molar-refractivity contribution in [2.75, 3.05) is 18.0 Å². The van der Waals surface area contributed by atoms with Gasteiger partial charge in [-0.2, -0.15) is 4.98 Å². The Hall–Kier alpha value is -2.09. The Labute approximate surface area is 193 Å². The highest BCUT2D eigenvalue weighted by molar-refractivity contribution is 9.10. The molecule has 1 aromatic heterocycles. The van der Waals surface area contributed by atoms with E-state index in [1.807, 2.05) is 32.9 Å². The van der Waals surface area contributed by atoms with Gasteiger partial charge >= 0.3 is 12.1 Å². The zero-order valence-corrected chi connectivity index (χ0v) is 20.8. The number of ether oxygens (including phenoxy) is 1. The van der Waals surface area contributed by atoms with Crippen molar-refractivity contribution < 1.29 is 14.1 Å². The van der Waals surface area contributed by atoms with E-state index >= 15 is 0 Å². The van der Waals surface area contributed by atoms with Crippen molar-refractivity contribution >= 4 is 28.0 Å². The van der Waals surface area contributed by atoms with Gasteiger partial charge in [-0.25, -0.2) is 4.79 Å². The van der Waals surface area contributed by atoms with Crippen molar-refractivity contribution in [1.29, 1.82) is 0 Å². The van der Waals surface area contributed by atoms with Gasteiger partial charge in [-0.15, -0.1) is 0 Å². The molecule has 1 amide bonds. The summed E-state index contributed by atoms with van der Waals surface area (Å²) in [7, 11) is 0. The number of nitrogens with zero attached hydrogens (tertiary/aromatic N) is 3. The third-order valence-corrected chi connectivity index (χ3v) is 6.49. The molecule has 2 aromatic rings. The van der Waals surface area contributed by atoms with Crippen LogP contribution in [0.2, 0.25) is 0 Å². The SMILES string of the molecule is CC(C)C(C)(c1ccc(Br)cc1)c1noc(N2CCC(NC(=O)OC(C)(C)C)CC2)n1. The lowest BCUT2D eigenvalue weighted by Crippen LogP contribution is -2.46. The van der Waals surface area contributed by atoms with Crippen LogP contribution in [0.15, 0.2) is 33.3 Å². The molecular formula is C23H33BrN4O3. The van der Waals surface area contributed by atoms with Crippen LogP contribution in [0.5, 0.6) is 0 Å². The Morgan fingerprint density at radius 1 is 1.19 bits per heavy atom. The summed E-state index contributed by atoms with van der Waals surface area (Å²) in [6.07, 6.45) is 1.23. The summed E-state index contributed by atoms with van der Waals surface area (Å²) in [5, 5.41) is 7.32. The van der Waals surface area contributed by atoms with Gasteiger partial charge in [-0.05, 0) is 64.2 Å². The van der Waals surface area contributed by atoms with Crippen molar-refractivity contribution in [2.24, 2.45) is 5.92 Å². The number of carbonyl (C=O) groups is 1. The van der Waals surface area contributed by atoms with Gasteiger partial charge in [0.25, 0.3) is 0 Å². The largest absolute Gasteiger partial charge is 0.444 e. The number of halogens is 1. The molecule has 0 saturated carbocycles. The lowest BCUT2D eigenvalue weighted by molar-refractivity contribution is 0.0497. The zero-order chi connectivity index (χ0) is 22.8. The normalized spacial score (nSPS) is 17.5. The molecule has 2 heterocycles. The van der Waals surface area contributed by atoms with Gasteiger partial charge in [0.15, 0.2) is 5.82 Å². The summed E-state index contributed by atoms with van der Waals surface area (Å²) >= 11 is 3.50. The maximum Gasteiger partial charge on any atom is 0.407 e. The monoisotopic (exact) mass is 492 g/mol. The van der Waals surface area contributed by atoms with Crippen LogP contribution in [0.25, 0.3) is 0 Å². The average molecular weight is 493 g/mol. The third kappa shape index (κ3) is 5.59. The zero-order valence-electron chi connectivity index (χ0n) is 19.2. The van der Waals surface area contributed by atoms with Gasteiger partial charge in [-0.1, -0.05) is 47.1 Å². The molecule has 1 unspecified atom stereocenters. The van der Waals surface area contributed by atoms with E-state index in [1.165, 1.54) is 0 Å². The van der Waals surface area contributed by atoms with E-state index in [-0.39, 0.29) is 23.5 Å². The summed E-state index contributed by atoms with van der Waals surface area (Å²) in [4.78, 5) is 18.9. The average Bonchev–Trinajstić information content (AvgIpc) is 3.17. The van der Waals surface area contributed by atoms with E-state index in [0.29, 0.717) is 11.8 Å². The van der Waals surface area contributed by atoms with E-state index in [4.69, 9.17) is 14.2 Å². The maximum atomic E-state index is 12.0. The lowest BCUT2D eigenvalue weighted by Gasteiger charge is -2.32. The van der Waals surface area contributed by atoms with Crippen LogP contribution in [0.3, 0.4) is 0 Å². The Balaban J connectivity index is 1.67. The van der Waals surface area contributed by atoms with Crippen molar-refractivity contribution in [3.05, 3.63) is 40.1 Å². The fraction of sp³-hybridized carbons (Fsp3) is 0.609. The van der Waals surface area contributed by atoms with Gasteiger partial charge < -0.3 is 19.5 Å². The summed E-state index contributed by atoms with van der Waals surface area (Å²) in [6, 6.07) is 8.91. The molecular weight excluding hydrogens is 460 g/mol. The number of alkyl carbamates (subject to hydrolysis) is 1. The van der Waals surface area contributed by atoms with Gasteiger partial charge in [0.2, 0.25) is 0 Å². The molecule has 1 aliphatic rings. The molecule has 0 aliphatic carbocycles. The Kier molecular flexibility index (Phi) is 6.98. The summed E-state index contributed by atoms with van der Waals surface area (Å²) in [5.74, 6) is 0.969. The van der Waals surface area contributed by atoms with Crippen LogP contribution in [0, 0.1) is 5.92 Å². The minimum atomic E-state index is -0.497. The van der Waals surface area contributed by atoms with E-state index in [1.54, 1.807) is 0 Å². The van der Waals surface area contributed by atoms with E-state index in [9.17, 15) is 4.79 Å². The summed E-state index contributed by atoms with van der Waals surface area (Å²) in [6.45, 7) is 13.6. The van der Waals surface area contributed by atoms with E-state index < -0.39 is 5.60 Å². The number of piperidine rings is 1. The number of benzene rings is 1. The molecule has 7 nitrogen and oxygen atoms in total. The number of nitrogens with one attached hydrogen (secondary N) is 1. The standard InChI is InChI=1S/C23H33BrN4O3/c1-15(2)23(6,16-7-9-17(24)10-8-16)19-26-20(31-27-19)28-13-11-18(12-14-28)25-21(29)30-22(3,4)5/h7-10,15,18H,11-14H2,1-6H3,(H,25,29). The molecule has 0 bridgehead atoms. The highest BCUT2D eigenvalue weighted by atomic mass is 79.9. The molecule has 1 aliphatic heterocycles. The fourth-order valence-electron chi connectivity index (χ4n) is 3.76. The number of amides is 1. The molecule has 0 radical (unpaired) electrons. The van der Waals surface area contributed by atoms with Crippen molar-refractivity contribution in [1.82, 2.24) is 15.5 Å². The predicted molar refractivity (Wildman–Crippen MR) is 124 cm³/mol. The Bertz CT molecular complexity index is 883. The van der Waals surface area contributed by atoms with Gasteiger partial charge in [-0.3, -0.25) is 0 Å². The van der Waals surface area contributed by atoms with Crippen molar-refractivity contribution in [3.8, 4) is 0 Å². The molecule has 3 rings (SSSR count). The maximum absolute atomic E-state index is 12.0. The van der Waals surface area contributed by atoms with Crippen LogP contribution in [0.1, 0.15) is 65.8 Å². The number of hydrogen-bond acceptors (Lipinski definition) is 6. The predicted octanol–water partition coefficient (Wildman–Crippen LogP) is 5.29. The van der Waals surface area contributed by atoms with Crippen molar-refractivity contribution in [2.45, 2.75) is 71.4 Å². The molecule has 1 fully saturated rings. The van der Waals surface area contributed by atoms with E-state index in [0.717, 1.165) is 36.0 Å². The molecule has 8 heteroatoms. The number of hydrogen-bond donors (Lipinski definition) is 1. The number of aromatic nitrogens is 2. The molecule has 1 saturated heterocycles. The topological polar surface area (TPSA) is 80.5 Å². The number of anilines is 1. The third-order valence-electron chi connectivity index (χ3n) is 5.96. The van der Waals surface area contributed by atoms with Crippen LogP contribution < -0.4 is 10.2 Å². The van der Waals surface area contributed by atoms with Crippen LogP contribution >= 0.6 is 15.9 Å². The fourth-order valence-corrected chi connectivity index (χ4v) is 4.03.